The number of hydrogen-bond donors (Lipinski definition) is 2. The number of hydrogen-bond acceptors (Lipinski definition) is 12. The zero-order valence-electron chi connectivity index (χ0n) is 20.6. The first-order chi connectivity index (χ1) is 17.4. The molecule has 0 rings (SSSR count). The molecule has 0 saturated heterocycles. The fourth-order valence-corrected chi connectivity index (χ4v) is 1.86. The Bertz CT molecular complexity index is 839. The highest BCUT2D eigenvalue weighted by molar-refractivity contribution is 5.87. The molecule has 0 aliphatic carbocycles. The molecule has 0 aromatic heterocycles. The molecule has 0 spiro atoms. The average molecular weight is 526 g/mol. The van der Waals surface area contributed by atoms with Crippen LogP contribution in [0.2, 0.25) is 0 Å². The summed E-state index contributed by atoms with van der Waals surface area (Å²) in [5.74, 6) is -3.11. The molecule has 2 atom stereocenters. The number of rotatable bonds is 16. The van der Waals surface area contributed by atoms with Crippen molar-refractivity contribution in [3.63, 3.8) is 0 Å². The van der Waals surface area contributed by atoms with Crippen LogP contribution >= 0.6 is 0 Å². The van der Waals surface area contributed by atoms with Crippen LogP contribution < -0.4 is 10.6 Å². The van der Waals surface area contributed by atoms with Gasteiger partial charge in [0.15, 0.2) is 12.2 Å². The molecule has 14 heteroatoms. The third-order valence-corrected chi connectivity index (χ3v) is 3.67. The molecule has 0 aromatic rings. The molecule has 0 saturated carbocycles. The minimum Gasteiger partial charge on any atom is -0.458 e. The Morgan fingerprint density at radius 2 is 0.973 bits per heavy atom. The summed E-state index contributed by atoms with van der Waals surface area (Å²) < 4.78 is 29.4. The van der Waals surface area contributed by atoms with Gasteiger partial charge in [-0.15, -0.1) is 0 Å². The van der Waals surface area contributed by atoms with Gasteiger partial charge in [0.05, 0.1) is 6.67 Å². The first-order valence-electron chi connectivity index (χ1n) is 10.5. The molecule has 14 nitrogen and oxygen atoms in total. The van der Waals surface area contributed by atoms with E-state index in [0.29, 0.717) is 0 Å². The lowest BCUT2D eigenvalue weighted by Crippen LogP contribution is -2.42. The molecule has 0 radical (unpaired) electrons. The smallest absolute Gasteiger partial charge is 0.409 e. The van der Waals surface area contributed by atoms with Gasteiger partial charge < -0.3 is 39.1 Å². The van der Waals surface area contributed by atoms with Gasteiger partial charge in [0.1, 0.15) is 26.4 Å². The van der Waals surface area contributed by atoms with Crippen molar-refractivity contribution in [3.05, 3.63) is 49.6 Å². The van der Waals surface area contributed by atoms with E-state index in [1.54, 1.807) is 0 Å². The van der Waals surface area contributed by atoms with Crippen molar-refractivity contribution in [3.8, 4) is 0 Å². The summed E-state index contributed by atoms with van der Waals surface area (Å²) in [5, 5.41) is 4.33. The van der Waals surface area contributed by atoms with Gasteiger partial charge in [-0.05, 0) is 13.8 Å². The summed E-state index contributed by atoms with van der Waals surface area (Å²) in [6.45, 7) is 13.8. The van der Waals surface area contributed by atoms with Crippen molar-refractivity contribution in [2.75, 3.05) is 33.1 Å². The van der Waals surface area contributed by atoms with E-state index in [1.807, 2.05) is 0 Å². The second-order valence-electron chi connectivity index (χ2n) is 7.01. The van der Waals surface area contributed by atoms with Gasteiger partial charge >= 0.3 is 36.1 Å². The fourth-order valence-electron chi connectivity index (χ4n) is 1.86. The Hall–Kier alpha value is -4.62. The van der Waals surface area contributed by atoms with Crippen molar-refractivity contribution < 1.29 is 57.2 Å². The maximum atomic E-state index is 12.0. The molecular formula is C23H30N2O12. The molecule has 0 bridgehead atoms. The Balaban J connectivity index is 4.78. The number of nitrogens with one attached hydrogen (secondary N) is 2. The molecule has 0 aliphatic heterocycles. The summed E-state index contributed by atoms with van der Waals surface area (Å²) in [5.41, 5.74) is 0.196. The monoisotopic (exact) mass is 526 g/mol. The van der Waals surface area contributed by atoms with Crippen LogP contribution in [0.5, 0.6) is 0 Å². The normalized spacial score (nSPS) is 11.3. The lowest BCUT2D eigenvalue weighted by molar-refractivity contribution is -0.148. The number of esters is 4. The zero-order chi connectivity index (χ0) is 28.4. The Kier molecular flexibility index (Phi) is 15.5. The second-order valence-corrected chi connectivity index (χ2v) is 7.01. The third kappa shape index (κ3) is 15.8. The molecule has 0 aromatic carbocycles. The van der Waals surface area contributed by atoms with Crippen LogP contribution in [0.4, 0.5) is 9.59 Å². The van der Waals surface area contributed by atoms with Gasteiger partial charge in [0.2, 0.25) is 0 Å². The molecule has 2 amide bonds. The summed E-state index contributed by atoms with van der Waals surface area (Å²) in [4.78, 5) is 69.7. The largest absolute Gasteiger partial charge is 0.458 e. The lowest BCUT2D eigenvalue weighted by atomic mass is 10.3. The van der Waals surface area contributed by atoms with Crippen molar-refractivity contribution in [2.24, 2.45) is 0 Å². The molecule has 37 heavy (non-hydrogen) atoms. The van der Waals surface area contributed by atoms with Gasteiger partial charge in [-0.1, -0.05) is 26.3 Å². The van der Waals surface area contributed by atoms with E-state index in [0.717, 1.165) is 12.2 Å². The van der Waals surface area contributed by atoms with Gasteiger partial charge in [0, 0.05) is 23.3 Å². The average Bonchev–Trinajstić information content (AvgIpc) is 2.85. The first kappa shape index (κ1) is 32.4. The van der Waals surface area contributed by atoms with Gasteiger partial charge in [-0.25, -0.2) is 28.8 Å². The SMILES string of the molecule is C=CC(=O)OCC(COC(=O)C(=C)C)OC(=O)NCNC(=O)OC(COC(=O)C=C)COC(=O)C(=C)C. The van der Waals surface area contributed by atoms with Crippen molar-refractivity contribution in [1.82, 2.24) is 10.6 Å². The Morgan fingerprint density at radius 1 is 0.649 bits per heavy atom. The highest BCUT2D eigenvalue weighted by Crippen LogP contribution is 2.02. The van der Waals surface area contributed by atoms with Crippen LogP contribution in [0.25, 0.3) is 0 Å². The standard InChI is InChI=1S/C23H30N2O12/c1-7-18(26)32-9-16(11-34-20(28)14(3)4)36-22(30)24-13-25-23(31)37-17(10-33-19(27)8-2)12-35-21(29)15(5)6/h7-8,16-17H,1-3,5,9-13H2,4,6H3,(H,24,30)(H,25,31). The summed E-state index contributed by atoms with van der Waals surface area (Å²) in [6.07, 6.45) is -2.75. The molecule has 0 aliphatic rings. The van der Waals surface area contributed by atoms with Crippen LogP contribution in [0.3, 0.4) is 0 Å². The fraction of sp³-hybridized carbons (Fsp3) is 0.391. The van der Waals surface area contributed by atoms with E-state index in [2.05, 4.69) is 36.9 Å². The van der Waals surface area contributed by atoms with Crippen LogP contribution in [-0.4, -0.2) is 81.4 Å². The number of carbonyl (C=O) groups is 6. The van der Waals surface area contributed by atoms with Crippen molar-refractivity contribution >= 4 is 36.1 Å². The highest BCUT2D eigenvalue weighted by atomic mass is 16.6. The predicted octanol–water partition coefficient (Wildman–Crippen LogP) is 0.831. The Morgan fingerprint density at radius 3 is 1.27 bits per heavy atom. The van der Waals surface area contributed by atoms with Crippen molar-refractivity contribution in [1.29, 1.82) is 0 Å². The van der Waals surface area contributed by atoms with Crippen molar-refractivity contribution in [2.45, 2.75) is 26.1 Å². The third-order valence-electron chi connectivity index (χ3n) is 3.67. The first-order valence-corrected chi connectivity index (χ1v) is 10.5. The van der Waals surface area contributed by atoms with E-state index in [9.17, 15) is 28.8 Å². The van der Waals surface area contributed by atoms with Crippen LogP contribution in [0, 0.1) is 0 Å². The van der Waals surface area contributed by atoms with E-state index in [4.69, 9.17) is 28.4 Å². The topological polar surface area (TPSA) is 182 Å². The zero-order valence-corrected chi connectivity index (χ0v) is 20.6. The molecule has 0 heterocycles. The number of alkyl carbamates (subject to hydrolysis) is 2. The molecule has 204 valence electrons. The predicted molar refractivity (Wildman–Crippen MR) is 126 cm³/mol. The quantitative estimate of drug-likeness (QED) is 0.125. The number of ether oxygens (including phenoxy) is 6. The van der Waals surface area contributed by atoms with Gasteiger partial charge in [-0.3, -0.25) is 0 Å². The maximum absolute atomic E-state index is 12.0. The van der Waals surface area contributed by atoms with E-state index in [1.165, 1.54) is 13.8 Å². The summed E-state index contributed by atoms with van der Waals surface area (Å²) >= 11 is 0. The van der Waals surface area contributed by atoms with Gasteiger partial charge in [-0.2, -0.15) is 0 Å². The van der Waals surface area contributed by atoms with E-state index < -0.39 is 81.4 Å². The second kappa shape index (κ2) is 17.8. The lowest BCUT2D eigenvalue weighted by Gasteiger charge is -2.19. The summed E-state index contributed by atoms with van der Waals surface area (Å²) in [6, 6.07) is 0. The van der Waals surface area contributed by atoms with Gasteiger partial charge in [0.25, 0.3) is 0 Å². The van der Waals surface area contributed by atoms with Crippen LogP contribution in [0.1, 0.15) is 13.8 Å². The highest BCUT2D eigenvalue weighted by Gasteiger charge is 2.21. The van der Waals surface area contributed by atoms with Crippen LogP contribution in [-0.2, 0) is 47.6 Å². The molecule has 2 N–H and O–H groups in total. The van der Waals surface area contributed by atoms with Crippen LogP contribution in [0.15, 0.2) is 49.6 Å². The van der Waals surface area contributed by atoms with E-state index >= 15 is 0 Å². The minimum atomic E-state index is -1.19. The molecular weight excluding hydrogens is 496 g/mol. The van der Waals surface area contributed by atoms with E-state index in [-0.39, 0.29) is 11.1 Å². The maximum Gasteiger partial charge on any atom is 0.409 e. The number of carbonyl (C=O) groups excluding carboxylic acids is 6. The number of amides is 2. The minimum absolute atomic E-state index is 0.0981. The summed E-state index contributed by atoms with van der Waals surface area (Å²) in [7, 11) is 0. The Labute approximate surface area is 213 Å². The molecule has 0 fully saturated rings. The molecule has 2 unspecified atom stereocenters.